The molecule has 0 unspecified atom stereocenters. The quantitative estimate of drug-likeness (QED) is 0.137. The molecule has 2 aliphatic heterocycles. The van der Waals surface area contributed by atoms with Crippen molar-refractivity contribution in [2.75, 3.05) is 23.7 Å². The van der Waals surface area contributed by atoms with Crippen molar-refractivity contribution in [2.24, 2.45) is 5.41 Å². The van der Waals surface area contributed by atoms with Crippen molar-refractivity contribution >= 4 is 27.2 Å². The minimum absolute atomic E-state index is 0.0201. The number of nitrogens with zero attached hydrogens (tertiary/aromatic N) is 2. The Morgan fingerprint density at radius 3 is 2.24 bits per heavy atom. The molecule has 0 bridgehead atoms. The van der Waals surface area contributed by atoms with E-state index in [1.54, 1.807) is 0 Å². The predicted octanol–water partition coefficient (Wildman–Crippen LogP) is 10.6. The standard InChI is InChI=1S/C43H58N2O3S/c1-9-10-15-29-44-36-23-13-11-21-34(36)42(5,6)38(44)27-25-32-19-18-20-33(40(32)41(2,3)4)26-28-39-43(7,8)35-22-12-14-24-37(35)45(39)30-16-17-31-49(46,47)48/h11-14,21-28H,9-10,15-20,29-31H2,1-8H3/p+1. The Kier molecular flexibility index (Phi) is 11.0. The molecule has 1 N–H and O–H groups in total. The monoisotopic (exact) mass is 683 g/mol. The molecular weight excluding hydrogens is 625 g/mol. The van der Waals surface area contributed by atoms with Gasteiger partial charge in [0.1, 0.15) is 6.54 Å². The normalized spacial score (nSPS) is 20.6. The van der Waals surface area contributed by atoms with Gasteiger partial charge in [0, 0.05) is 47.5 Å². The molecule has 0 amide bonds. The Morgan fingerprint density at radius 2 is 1.55 bits per heavy atom. The number of para-hydroxylation sites is 2. The molecule has 2 aromatic rings. The highest BCUT2D eigenvalue weighted by Crippen LogP contribution is 2.49. The highest BCUT2D eigenvalue weighted by Gasteiger charge is 2.44. The van der Waals surface area contributed by atoms with E-state index in [0.717, 1.165) is 25.8 Å². The van der Waals surface area contributed by atoms with Crippen molar-refractivity contribution in [2.45, 2.75) is 118 Å². The average molecular weight is 684 g/mol. The Bertz CT molecular complexity index is 1810. The first-order chi connectivity index (χ1) is 23.1. The van der Waals surface area contributed by atoms with Gasteiger partial charge in [0.25, 0.3) is 10.1 Å². The van der Waals surface area contributed by atoms with Crippen LogP contribution in [0, 0.1) is 5.41 Å². The lowest BCUT2D eigenvalue weighted by Gasteiger charge is -2.32. The van der Waals surface area contributed by atoms with Gasteiger partial charge in [0.2, 0.25) is 5.69 Å². The summed E-state index contributed by atoms with van der Waals surface area (Å²) in [6.07, 6.45) is 17.6. The molecule has 0 saturated heterocycles. The third kappa shape index (κ3) is 7.91. The minimum Gasteiger partial charge on any atom is -0.344 e. The Hall–Kier alpha value is -3.22. The van der Waals surface area contributed by atoms with Crippen LogP contribution in [0.25, 0.3) is 0 Å². The molecule has 6 heteroatoms. The van der Waals surface area contributed by atoms with Crippen molar-refractivity contribution in [3.63, 3.8) is 0 Å². The zero-order chi connectivity index (χ0) is 35.6. The third-order valence-corrected chi connectivity index (χ3v) is 11.6. The molecule has 0 aromatic heterocycles. The minimum atomic E-state index is -3.96. The summed E-state index contributed by atoms with van der Waals surface area (Å²) in [5, 5.41) is 0. The number of unbranched alkanes of at least 4 members (excludes halogenated alkanes) is 3. The van der Waals surface area contributed by atoms with Gasteiger partial charge in [-0.15, -0.1) is 0 Å². The van der Waals surface area contributed by atoms with E-state index in [2.05, 4.69) is 138 Å². The van der Waals surface area contributed by atoms with Crippen molar-refractivity contribution in [3.8, 4) is 0 Å². The maximum Gasteiger partial charge on any atom is 0.264 e. The van der Waals surface area contributed by atoms with E-state index < -0.39 is 10.1 Å². The smallest absolute Gasteiger partial charge is 0.264 e. The summed E-state index contributed by atoms with van der Waals surface area (Å²) in [5.41, 5.74) is 11.9. The van der Waals surface area contributed by atoms with E-state index in [9.17, 15) is 13.0 Å². The van der Waals surface area contributed by atoms with Crippen LogP contribution in [0.4, 0.5) is 11.4 Å². The van der Waals surface area contributed by atoms with Gasteiger partial charge in [-0.1, -0.05) is 96.5 Å². The lowest BCUT2D eigenvalue weighted by atomic mass is 9.73. The van der Waals surface area contributed by atoms with Crippen LogP contribution in [0.1, 0.15) is 118 Å². The van der Waals surface area contributed by atoms with Crippen LogP contribution in [-0.4, -0.2) is 42.1 Å². The first-order valence-electron chi connectivity index (χ1n) is 18.5. The fourth-order valence-corrected chi connectivity index (χ4v) is 8.99. The van der Waals surface area contributed by atoms with Gasteiger partial charge in [-0.05, 0) is 92.2 Å². The van der Waals surface area contributed by atoms with Crippen LogP contribution in [0.5, 0.6) is 0 Å². The summed E-state index contributed by atoms with van der Waals surface area (Å²) < 4.78 is 34.7. The number of rotatable bonds is 12. The van der Waals surface area contributed by atoms with E-state index in [1.807, 2.05) is 0 Å². The highest BCUT2D eigenvalue weighted by molar-refractivity contribution is 7.85. The summed E-state index contributed by atoms with van der Waals surface area (Å²) in [4.78, 5) is 2.37. The molecule has 0 fully saturated rings. The Morgan fingerprint density at radius 1 is 0.857 bits per heavy atom. The molecule has 2 aromatic carbocycles. The van der Waals surface area contributed by atoms with Crippen molar-refractivity contribution in [1.82, 2.24) is 0 Å². The molecule has 2 heterocycles. The van der Waals surface area contributed by atoms with Gasteiger partial charge >= 0.3 is 0 Å². The van der Waals surface area contributed by atoms with Crippen LogP contribution in [-0.2, 0) is 20.9 Å². The average Bonchev–Trinajstić information content (AvgIpc) is 3.38. The molecule has 0 spiro atoms. The molecule has 3 aliphatic rings. The van der Waals surface area contributed by atoms with Crippen LogP contribution in [0.15, 0.2) is 95.3 Å². The molecule has 5 nitrogen and oxygen atoms in total. The van der Waals surface area contributed by atoms with Crippen LogP contribution in [0.3, 0.4) is 0 Å². The van der Waals surface area contributed by atoms with Crippen molar-refractivity contribution in [3.05, 3.63) is 106 Å². The predicted molar refractivity (Wildman–Crippen MR) is 207 cm³/mol. The van der Waals surface area contributed by atoms with Crippen LogP contribution in [0.2, 0.25) is 0 Å². The van der Waals surface area contributed by atoms with Crippen molar-refractivity contribution < 1.29 is 17.5 Å². The van der Waals surface area contributed by atoms with E-state index >= 15 is 0 Å². The number of benzene rings is 2. The summed E-state index contributed by atoms with van der Waals surface area (Å²) in [7, 11) is -3.96. The molecule has 0 atom stereocenters. The zero-order valence-corrected chi connectivity index (χ0v) is 32.1. The van der Waals surface area contributed by atoms with Crippen LogP contribution < -0.4 is 4.90 Å². The summed E-state index contributed by atoms with van der Waals surface area (Å²) in [5.74, 6) is -0.204. The maximum absolute atomic E-state index is 11.4. The molecule has 49 heavy (non-hydrogen) atoms. The van der Waals surface area contributed by atoms with Crippen LogP contribution >= 0.6 is 0 Å². The van der Waals surface area contributed by atoms with E-state index in [-0.39, 0.29) is 22.0 Å². The fourth-order valence-electron chi connectivity index (χ4n) is 8.42. The lowest BCUT2D eigenvalue weighted by Crippen LogP contribution is -2.28. The molecule has 1 aliphatic carbocycles. The molecule has 0 radical (unpaired) electrons. The van der Waals surface area contributed by atoms with Gasteiger partial charge in [-0.3, -0.25) is 4.55 Å². The third-order valence-electron chi connectivity index (χ3n) is 10.8. The van der Waals surface area contributed by atoms with E-state index in [0.29, 0.717) is 19.4 Å². The maximum atomic E-state index is 11.4. The second-order valence-electron chi connectivity index (χ2n) is 16.3. The molecule has 264 valence electrons. The number of hydrogen-bond acceptors (Lipinski definition) is 3. The van der Waals surface area contributed by atoms with Gasteiger partial charge in [0.05, 0.1) is 11.2 Å². The van der Waals surface area contributed by atoms with E-state index in [1.165, 1.54) is 69.9 Å². The number of hydrogen-bond donors (Lipinski definition) is 1. The number of allylic oxidation sites excluding steroid dienone is 8. The summed E-state index contributed by atoms with van der Waals surface area (Å²) >= 11 is 0. The van der Waals surface area contributed by atoms with Gasteiger partial charge < -0.3 is 4.90 Å². The first-order valence-corrected chi connectivity index (χ1v) is 20.1. The molecule has 5 rings (SSSR count). The first kappa shape index (κ1) is 37.0. The second kappa shape index (κ2) is 14.6. The fraction of sp³-hybridized carbons (Fsp3) is 0.512. The number of anilines is 1. The molecule has 0 saturated carbocycles. The Balaban J connectivity index is 1.54. The van der Waals surface area contributed by atoms with Gasteiger partial charge in [-0.2, -0.15) is 13.0 Å². The van der Waals surface area contributed by atoms with Gasteiger partial charge in [0.15, 0.2) is 5.71 Å². The molecular formula is C43H59N2O3S+. The Labute approximate surface area is 297 Å². The number of fused-ring (bicyclic) bond motifs is 2. The lowest BCUT2D eigenvalue weighted by molar-refractivity contribution is -0.438. The van der Waals surface area contributed by atoms with E-state index in [4.69, 9.17) is 0 Å². The SMILES string of the molecule is CCCCC[N+]1=C(C=CC2=C(C(C)(C)C)C(=CC=C3N(CCCCS(=O)(=O)O)c4ccccc4C3(C)C)CCC2)C(C)(C)c2ccccc21. The summed E-state index contributed by atoms with van der Waals surface area (Å²) in [6.45, 7) is 20.4. The van der Waals surface area contributed by atoms with Crippen molar-refractivity contribution in [1.29, 1.82) is 0 Å². The topological polar surface area (TPSA) is 60.6 Å². The second-order valence-corrected chi connectivity index (χ2v) is 17.8. The summed E-state index contributed by atoms with van der Waals surface area (Å²) in [6, 6.07) is 17.5. The van der Waals surface area contributed by atoms with Gasteiger partial charge in [-0.25, -0.2) is 0 Å². The highest BCUT2D eigenvalue weighted by atomic mass is 32.2. The zero-order valence-electron chi connectivity index (χ0n) is 31.3. The largest absolute Gasteiger partial charge is 0.344 e.